The van der Waals surface area contributed by atoms with Crippen LogP contribution in [0.5, 0.6) is 23.0 Å². The van der Waals surface area contributed by atoms with Crippen molar-refractivity contribution in [2.45, 2.75) is 26.7 Å². The van der Waals surface area contributed by atoms with Crippen molar-refractivity contribution in [3.05, 3.63) is 132 Å². The molecule has 7 rings (SSSR count). The van der Waals surface area contributed by atoms with Gasteiger partial charge in [-0.25, -0.2) is 0 Å². The fourth-order valence-corrected chi connectivity index (χ4v) is 5.90. The summed E-state index contributed by atoms with van der Waals surface area (Å²) in [7, 11) is 0. The van der Waals surface area contributed by atoms with Crippen LogP contribution in [0.15, 0.2) is 121 Å². The SMILES string of the molecule is CCc1cc2c(Oc3cccc4ccccc34)c3ccccc3c(Oc3cccc4ccccc34)c2cc1CC. The summed E-state index contributed by atoms with van der Waals surface area (Å²) in [6, 6.07) is 42.3. The number of hydrogen-bond acceptors (Lipinski definition) is 2. The van der Waals surface area contributed by atoms with Gasteiger partial charge in [0.2, 0.25) is 0 Å². The summed E-state index contributed by atoms with van der Waals surface area (Å²) in [6.07, 6.45) is 1.92. The molecule has 0 unspecified atom stereocenters. The van der Waals surface area contributed by atoms with E-state index in [2.05, 4.69) is 135 Å². The summed E-state index contributed by atoms with van der Waals surface area (Å²) >= 11 is 0. The summed E-state index contributed by atoms with van der Waals surface area (Å²) in [6.45, 7) is 4.44. The molecule has 0 radical (unpaired) electrons. The highest BCUT2D eigenvalue weighted by molar-refractivity contribution is 6.12. The third-order valence-electron chi connectivity index (χ3n) is 7.93. The Morgan fingerprint density at radius 1 is 0.400 bits per heavy atom. The maximum absolute atomic E-state index is 6.91. The van der Waals surface area contributed by atoms with Crippen molar-refractivity contribution in [3.63, 3.8) is 0 Å². The molecule has 0 aromatic heterocycles. The Bertz CT molecular complexity index is 1880. The third-order valence-corrected chi connectivity index (χ3v) is 7.93. The highest BCUT2D eigenvalue weighted by Crippen LogP contribution is 2.48. The van der Waals surface area contributed by atoms with Crippen LogP contribution in [-0.4, -0.2) is 0 Å². The summed E-state index contributed by atoms with van der Waals surface area (Å²) in [4.78, 5) is 0. The topological polar surface area (TPSA) is 18.5 Å². The van der Waals surface area contributed by atoms with Crippen LogP contribution in [-0.2, 0) is 12.8 Å². The second kappa shape index (κ2) is 10.1. The number of aryl methyl sites for hydroxylation is 2. The Morgan fingerprint density at radius 2 is 0.775 bits per heavy atom. The number of hydrogen-bond donors (Lipinski definition) is 0. The molecule has 0 saturated heterocycles. The first-order chi connectivity index (χ1) is 19.7. The zero-order valence-electron chi connectivity index (χ0n) is 22.8. The number of ether oxygens (including phenoxy) is 2. The van der Waals surface area contributed by atoms with Gasteiger partial charge in [-0.15, -0.1) is 0 Å². The second-order valence-electron chi connectivity index (χ2n) is 10.2. The molecule has 0 aliphatic rings. The summed E-state index contributed by atoms with van der Waals surface area (Å²) in [5.74, 6) is 3.43. The van der Waals surface area contributed by atoms with Gasteiger partial charge in [0, 0.05) is 32.3 Å². The van der Waals surface area contributed by atoms with E-state index in [1.54, 1.807) is 0 Å². The predicted molar refractivity (Wildman–Crippen MR) is 168 cm³/mol. The minimum atomic E-state index is 0.852. The van der Waals surface area contributed by atoms with E-state index in [4.69, 9.17) is 9.47 Å². The molecule has 0 aliphatic carbocycles. The third kappa shape index (κ3) is 4.04. The first-order valence-electron chi connectivity index (χ1n) is 14.1. The molecule has 0 heterocycles. The molecule has 7 aromatic carbocycles. The van der Waals surface area contributed by atoms with Crippen molar-refractivity contribution in [2.75, 3.05) is 0 Å². The van der Waals surface area contributed by atoms with Crippen LogP contribution in [0.1, 0.15) is 25.0 Å². The van der Waals surface area contributed by atoms with Crippen LogP contribution in [0.3, 0.4) is 0 Å². The van der Waals surface area contributed by atoms with Crippen molar-refractivity contribution in [3.8, 4) is 23.0 Å². The molecule has 2 nitrogen and oxygen atoms in total. The van der Waals surface area contributed by atoms with Crippen LogP contribution in [0.4, 0.5) is 0 Å². The number of benzene rings is 7. The first-order valence-corrected chi connectivity index (χ1v) is 14.1. The van der Waals surface area contributed by atoms with Gasteiger partial charge in [-0.2, -0.15) is 0 Å². The van der Waals surface area contributed by atoms with Gasteiger partial charge in [0.25, 0.3) is 0 Å². The molecular weight excluding hydrogens is 488 g/mol. The van der Waals surface area contributed by atoms with Crippen LogP contribution >= 0.6 is 0 Å². The van der Waals surface area contributed by atoms with E-state index in [9.17, 15) is 0 Å². The quantitative estimate of drug-likeness (QED) is 0.204. The molecular formula is C38H30O2. The maximum atomic E-state index is 6.91. The van der Waals surface area contributed by atoms with Crippen molar-refractivity contribution >= 4 is 43.1 Å². The van der Waals surface area contributed by atoms with E-state index in [-0.39, 0.29) is 0 Å². The Kier molecular flexibility index (Phi) is 6.09. The molecule has 2 heteroatoms. The zero-order chi connectivity index (χ0) is 27.1. The lowest BCUT2D eigenvalue weighted by Crippen LogP contribution is -1.97. The van der Waals surface area contributed by atoms with Gasteiger partial charge in [-0.3, -0.25) is 0 Å². The minimum Gasteiger partial charge on any atom is -0.455 e. The Morgan fingerprint density at radius 3 is 1.20 bits per heavy atom. The average Bonchev–Trinajstić information content (AvgIpc) is 3.02. The predicted octanol–water partition coefficient (Wildman–Crippen LogP) is 11.0. The molecule has 0 spiro atoms. The Hall–Kier alpha value is -4.82. The van der Waals surface area contributed by atoms with Crippen molar-refractivity contribution in [1.29, 1.82) is 0 Å². The van der Waals surface area contributed by atoms with Crippen LogP contribution in [0, 0.1) is 0 Å². The van der Waals surface area contributed by atoms with E-state index in [1.807, 2.05) is 0 Å². The molecule has 40 heavy (non-hydrogen) atoms. The first kappa shape index (κ1) is 24.2. The monoisotopic (exact) mass is 518 g/mol. The van der Waals surface area contributed by atoms with Crippen molar-refractivity contribution in [1.82, 2.24) is 0 Å². The van der Waals surface area contributed by atoms with Gasteiger partial charge in [-0.1, -0.05) is 111 Å². The van der Waals surface area contributed by atoms with Gasteiger partial charge >= 0.3 is 0 Å². The van der Waals surface area contributed by atoms with Crippen molar-refractivity contribution < 1.29 is 9.47 Å². The van der Waals surface area contributed by atoms with Crippen LogP contribution < -0.4 is 9.47 Å². The van der Waals surface area contributed by atoms with E-state index in [0.29, 0.717) is 0 Å². The largest absolute Gasteiger partial charge is 0.455 e. The van der Waals surface area contributed by atoms with E-state index in [0.717, 1.165) is 78.9 Å². The number of rotatable bonds is 6. The highest BCUT2D eigenvalue weighted by atomic mass is 16.5. The highest BCUT2D eigenvalue weighted by Gasteiger charge is 2.20. The fourth-order valence-electron chi connectivity index (χ4n) is 5.90. The molecule has 194 valence electrons. The molecule has 0 atom stereocenters. The molecule has 0 saturated carbocycles. The van der Waals surface area contributed by atoms with Gasteiger partial charge < -0.3 is 9.47 Å². The smallest absolute Gasteiger partial charge is 0.143 e. The second-order valence-corrected chi connectivity index (χ2v) is 10.2. The molecule has 0 aliphatic heterocycles. The lowest BCUT2D eigenvalue weighted by Gasteiger charge is -2.20. The lowest BCUT2D eigenvalue weighted by atomic mass is 9.93. The van der Waals surface area contributed by atoms with Crippen molar-refractivity contribution in [2.24, 2.45) is 0 Å². The molecule has 0 amide bonds. The molecule has 7 aromatic rings. The fraction of sp³-hybridized carbons (Fsp3) is 0.105. The molecule has 0 N–H and O–H groups in total. The molecule has 0 fully saturated rings. The number of fused-ring (bicyclic) bond motifs is 4. The zero-order valence-corrected chi connectivity index (χ0v) is 22.8. The normalized spacial score (nSPS) is 11.4. The summed E-state index contributed by atoms with van der Waals surface area (Å²) in [5.41, 5.74) is 2.67. The average molecular weight is 519 g/mol. The van der Waals surface area contributed by atoms with Gasteiger partial charge in [0.05, 0.1) is 0 Å². The van der Waals surface area contributed by atoms with Gasteiger partial charge in [0.1, 0.15) is 23.0 Å². The van der Waals surface area contributed by atoms with Gasteiger partial charge in [0.15, 0.2) is 0 Å². The van der Waals surface area contributed by atoms with Gasteiger partial charge in [-0.05, 0) is 59.0 Å². The maximum Gasteiger partial charge on any atom is 0.143 e. The minimum absolute atomic E-state index is 0.852. The van der Waals surface area contributed by atoms with Crippen LogP contribution in [0.2, 0.25) is 0 Å². The standard InChI is InChI=1S/C38H30O2/c1-3-25-23-33-34(24-26(25)4-2)38(40-36-22-12-16-28-14-6-8-18-30(28)36)32-20-10-9-19-31(32)37(33)39-35-21-11-15-27-13-5-7-17-29(27)35/h5-24H,3-4H2,1-2H3. The summed E-state index contributed by atoms with van der Waals surface area (Å²) in [5, 5.41) is 8.71. The summed E-state index contributed by atoms with van der Waals surface area (Å²) < 4.78 is 13.8. The Balaban J connectivity index is 1.53. The Labute approximate surface area is 234 Å². The van der Waals surface area contributed by atoms with Crippen LogP contribution in [0.25, 0.3) is 43.1 Å². The van der Waals surface area contributed by atoms with E-state index < -0.39 is 0 Å². The molecule has 0 bridgehead atoms. The lowest BCUT2D eigenvalue weighted by molar-refractivity contribution is 0.491. The van der Waals surface area contributed by atoms with E-state index >= 15 is 0 Å². The van der Waals surface area contributed by atoms with E-state index in [1.165, 1.54) is 11.1 Å².